The molecule has 0 aliphatic heterocycles. The third kappa shape index (κ3) is 2.77. The Kier molecular flexibility index (Phi) is 3.47. The van der Waals surface area contributed by atoms with E-state index in [0.29, 0.717) is 22.5 Å². The molecule has 0 unspecified atom stereocenters. The summed E-state index contributed by atoms with van der Waals surface area (Å²) in [5, 5.41) is 18.0. The second-order valence-electron chi connectivity index (χ2n) is 3.64. The molecule has 0 amide bonds. The monoisotopic (exact) mass is 291 g/mol. The predicted octanol–water partition coefficient (Wildman–Crippen LogP) is 2.72. The van der Waals surface area contributed by atoms with Crippen molar-refractivity contribution >= 4 is 23.1 Å². The average molecular weight is 291 g/mol. The highest BCUT2D eigenvalue weighted by Gasteiger charge is 2.12. The fraction of sp³-hybridized carbons (Fsp3) is 0.0833. The molecule has 7 heteroatoms. The van der Waals surface area contributed by atoms with Crippen LogP contribution in [0.2, 0.25) is 0 Å². The normalized spacial score (nSPS) is 10.7. The summed E-state index contributed by atoms with van der Waals surface area (Å²) in [7, 11) is 0. The van der Waals surface area contributed by atoms with Gasteiger partial charge < -0.3 is 9.73 Å². The summed E-state index contributed by atoms with van der Waals surface area (Å²) in [5.41, 5.74) is 0. The van der Waals surface area contributed by atoms with E-state index >= 15 is 0 Å². The topological polar surface area (TPSA) is 65.9 Å². The largest absolute Gasteiger partial charge is 0.618 e. The van der Waals surface area contributed by atoms with E-state index in [1.54, 1.807) is 23.5 Å². The first-order chi connectivity index (χ1) is 9.33. The first kappa shape index (κ1) is 12.2. The Morgan fingerprint density at radius 3 is 3.05 bits per heavy atom. The standard InChI is InChI=1S/C12H9N3O2S2/c16-15-6-2-1-5-11(15)19-8-10-13-12(14-17-10)9-4-3-7-18-9/h1-7H,8H2. The van der Waals surface area contributed by atoms with E-state index in [1.165, 1.54) is 18.0 Å². The van der Waals surface area contributed by atoms with E-state index < -0.39 is 0 Å². The van der Waals surface area contributed by atoms with Crippen molar-refractivity contribution in [3.63, 3.8) is 0 Å². The molecule has 0 aromatic carbocycles. The van der Waals surface area contributed by atoms with Crippen LogP contribution in [-0.4, -0.2) is 10.1 Å². The van der Waals surface area contributed by atoms with Crippen molar-refractivity contribution in [2.45, 2.75) is 10.8 Å². The van der Waals surface area contributed by atoms with Gasteiger partial charge in [0.2, 0.25) is 11.7 Å². The Labute approximate surface area is 117 Å². The number of thiophene rings is 1. The number of thioether (sulfide) groups is 1. The molecule has 3 rings (SSSR count). The van der Waals surface area contributed by atoms with E-state index in [2.05, 4.69) is 10.1 Å². The summed E-state index contributed by atoms with van der Waals surface area (Å²) >= 11 is 2.93. The summed E-state index contributed by atoms with van der Waals surface area (Å²) < 4.78 is 5.98. The molecule has 3 heterocycles. The molecule has 0 bridgehead atoms. The van der Waals surface area contributed by atoms with E-state index in [9.17, 15) is 5.21 Å². The number of rotatable bonds is 4. The van der Waals surface area contributed by atoms with E-state index in [1.807, 2.05) is 23.6 Å². The Morgan fingerprint density at radius 2 is 2.26 bits per heavy atom. The second-order valence-corrected chi connectivity index (χ2v) is 5.59. The maximum Gasteiger partial charge on any atom is 0.251 e. The molecular formula is C12H9N3O2S2. The lowest BCUT2D eigenvalue weighted by atomic mass is 10.4. The van der Waals surface area contributed by atoms with Crippen LogP contribution in [0.3, 0.4) is 0 Å². The molecule has 0 atom stereocenters. The Hall–Kier alpha value is -1.86. The second kappa shape index (κ2) is 5.41. The van der Waals surface area contributed by atoms with Crippen LogP contribution in [0.5, 0.6) is 0 Å². The molecule has 3 aromatic rings. The predicted molar refractivity (Wildman–Crippen MR) is 72.6 cm³/mol. The van der Waals surface area contributed by atoms with Gasteiger partial charge in [0.15, 0.2) is 6.20 Å². The van der Waals surface area contributed by atoms with Gasteiger partial charge in [-0.1, -0.05) is 11.2 Å². The lowest BCUT2D eigenvalue weighted by molar-refractivity contribution is -0.645. The number of hydrogen-bond donors (Lipinski definition) is 0. The summed E-state index contributed by atoms with van der Waals surface area (Å²) in [4.78, 5) is 5.27. The van der Waals surface area contributed by atoms with E-state index in [0.717, 1.165) is 9.61 Å². The van der Waals surface area contributed by atoms with Crippen LogP contribution >= 0.6 is 23.1 Å². The maximum absolute atomic E-state index is 11.5. The first-order valence-corrected chi connectivity index (χ1v) is 7.37. The summed E-state index contributed by atoms with van der Waals surface area (Å²) in [6.45, 7) is 0. The fourth-order valence-corrected chi connectivity index (χ4v) is 2.88. The molecule has 0 aliphatic rings. The van der Waals surface area contributed by atoms with Crippen LogP contribution in [-0.2, 0) is 5.75 Å². The molecule has 5 nitrogen and oxygen atoms in total. The van der Waals surface area contributed by atoms with Gasteiger partial charge >= 0.3 is 0 Å². The zero-order valence-corrected chi connectivity index (χ0v) is 11.4. The van der Waals surface area contributed by atoms with Gasteiger partial charge in [-0.3, -0.25) is 0 Å². The van der Waals surface area contributed by atoms with Gasteiger partial charge in [0.05, 0.1) is 10.6 Å². The van der Waals surface area contributed by atoms with Crippen LogP contribution in [0.4, 0.5) is 0 Å². The Balaban J connectivity index is 1.70. The highest BCUT2D eigenvalue weighted by Crippen LogP contribution is 2.23. The molecule has 0 N–H and O–H groups in total. The van der Waals surface area contributed by atoms with Crippen LogP contribution in [0.15, 0.2) is 51.5 Å². The number of nitrogens with zero attached hydrogens (tertiary/aromatic N) is 3. The molecule has 0 spiro atoms. The molecule has 19 heavy (non-hydrogen) atoms. The van der Waals surface area contributed by atoms with Gasteiger partial charge in [0, 0.05) is 12.1 Å². The first-order valence-electron chi connectivity index (χ1n) is 5.50. The van der Waals surface area contributed by atoms with Crippen molar-refractivity contribution in [1.82, 2.24) is 10.1 Å². The van der Waals surface area contributed by atoms with Crippen molar-refractivity contribution in [2.24, 2.45) is 0 Å². The average Bonchev–Trinajstić information content (AvgIpc) is 3.09. The SMILES string of the molecule is [O-][n+]1ccccc1SCc1nc(-c2cccs2)no1. The minimum absolute atomic E-state index is 0.477. The lowest BCUT2D eigenvalue weighted by Crippen LogP contribution is -2.27. The number of aromatic nitrogens is 3. The number of pyridine rings is 1. The molecule has 3 aromatic heterocycles. The third-order valence-electron chi connectivity index (χ3n) is 2.34. The van der Waals surface area contributed by atoms with Gasteiger partial charge in [-0.25, -0.2) is 0 Å². The smallest absolute Gasteiger partial charge is 0.251 e. The van der Waals surface area contributed by atoms with Crippen LogP contribution in [0.25, 0.3) is 10.7 Å². The summed E-state index contributed by atoms with van der Waals surface area (Å²) in [6.07, 6.45) is 1.47. The molecular weight excluding hydrogens is 282 g/mol. The molecule has 96 valence electrons. The van der Waals surface area contributed by atoms with Crippen molar-refractivity contribution in [3.05, 3.63) is 53.0 Å². The van der Waals surface area contributed by atoms with E-state index in [-0.39, 0.29) is 0 Å². The fourth-order valence-electron chi connectivity index (χ4n) is 1.48. The van der Waals surface area contributed by atoms with Gasteiger partial charge in [-0.15, -0.1) is 11.3 Å². The van der Waals surface area contributed by atoms with Gasteiger partial charge in [-0.05, 0) is 29.3 Å². The molecule has 0 radical (unpaired) electrons. The van der Waals surface area contributed by atoms with Gasteiger partial charge in [-0.2, -0.15) is 9.71 Å². The van der Waals surface area contributed by atoms with Crippen LogP contribution in [0.1, 0.15) is 5.89 Å². The van der Waals surface area contributed by atoms with Crippen LogP contribution < -0.4 is 4.73 Å². The maximum atomic E-state index is 11.5. The minimum Gasteiger partial charge on any atom is -0.618 e. The summed E-state index contributed by atoms with van der Waals surface area (Å²) in [5.74, 6) is 1.58. The molecule has 0 saturated carbocycles. The molecule has 0 saturated heterocycles. The Morgan fingerprint density at radius 1 is 1.32 bits per heavy atom. The minimum atomic E-state index is 0.477. The van der Waals surface area contributed by atoms with Crippen molar-refractivity contribution < 1.29 is 9.25 Å². The lowest BCUT2D eigenvalue weighted by Gasteiger charge is -2.00. The van der Waals surface area contributed by atoms with Gasteiger partial charge in [0.1, 0.15) is 0 Å². The van der Waals surface area contributed by atoms with E-state index in [4.69, 9.17) is 4.52 Å². The highest BCUT2D eigenvalue weighted by molar-refractivity contribution is 7.98. The van der Waals surface area contributed by atoms with Crippen LogP contribution in [0, 0.1) is 5.21 Å². The molecule has 0 fully saturated rings. The quantitative estimate of drug-likeness (QED) is 0.420. The van der Waals surface area contributed by atoms with Gasteiger partial charge in [0.25, 0.3) is 5.03 Å². The zero-order valence-electron chi connectivity index (χ0n) is 9.72. The number of hydrogen-bond acceptors (Lipinski definition) is 6. The zero-order chi connectivity index (χ0) is 13.1. The highest BCUT2D eigenvalue weighted by atomic mass is 32.2. The molecule has 0 aliphatic carbocycles. The van der Waals surface area contributed by atoms with Crippen molar-refractivity contribution in [1.29, 1.82) is 0 Å². The Bertz CT molecular complexity index is 667. The summed E-state index contributed by atoms with van der Waals surface area (Å²) in [6, 6.07) is 9.15. The van der Waals surface area contributed by atoms with Crippen molar-refractivity contribution in [3.8, 4) is 10.7 Å². The van der Waals surface area contributed by atoms with Crippen molar-refractivity contribution in [2.75, 3.05) is 0 Å². The third-order valence-corrected chi connectivity index (χ3v) is 4.21.